The standard InChI is InChI=1S/C75H58O2/c1-72(2,3)58-33-19-32-51-68-47(28-20-34-65(68)76-71(51)58)52-35-63-66(45-25-15-13-23-43(45)52)56-39-59-54(37-61(56)74(63,6)7)55-38-62-57(40-60(55)73(59,4)5)67-46-26-16-14-24-44(46)53(36-64(67)75(62,8)9)50-31-18-30-49-48-29-17-27-42(69(48)77-70(49)50)41-21-11-10-12-22-41/h10-40H,1-9H3. The Balaban J connectivity index is 0.855. The van der Waals surface area contributed by atoms with Gasteiger partial charge in [0.05, 0.1) is 0 Å². The lowest BCUT2D eigenvalue weighted by Gasteiger charge is -2.25. The fraction of sp³-hybridized carbons (Fsp3) is 0.173. The summed E-state index contributed by atoms with van der Waals surface area (Å²) in [5.41, 5.74) is 27.8. The van der Waals surface area contributed by atoms with Crippen molar-refractivity contribution in [1.29, 1.82) is 0 Å². The molecule has 0 amide bonds. The molecule has 2 nitrogen and oxygen atoms in total. The maximum atomic E-state index is 7.07. The Morgan fingerprint density at radius 2 is 0.714 bits per heavy atom. The van der Waals surface area contributed by atoms with Crippen molar-refractivity contribution in [2.75, 3.05) is 0 Å². The summed E-state index contributed by atoms with van der Waals surface area (Å²) in [6.07, 6.45) is 0. The van der Waals surface area contributed by atoms with Crippen LogP contribution in [-0.4, -0.2) is 0 Å². The lowest BCUT2D eigenvalue weighted by atomic mass is 9.78. The summed E-state index contributed by atoms with van der Waals surface area (Å²) in [5, 5.41) is 9.75. The molecule has 0 spiro atoms. The molecule has 3 aliphatic rings. The molecule has 13 aromatic rings. The predicted molar refractivity (Wildman–Crippen MR) is 324 cm³/mol. The van der Waals surface area contributed by atoms with Gasteiger partial charge in [-0.15, -0.1) is 0 Å². The number of hydrogen-bond acceptors (Lipinski definition) is 2. The molecule has 0 bridgehead atoms. The first-order valence-electron chi connectivity index (χ1n) is 27.6. The Morgan fingerprint density at radius 1 is 0.299 bits per heavy atom. The third-order valence-corrected chi connectivity index (χ3v) is 18.8. The van der Waals surface area contributed by atoms with Crippen LogP contribution in [0, 0.1) is 0 Å². The van der Waals surface area contributed by atoms with Crippen LogP contribution in [-0.2, 0) is 21.7 Å². The summed E-state index contributed by atoms with van der Waals surface area (Å²) in [7, 11) is 0. The van der Waals surface area contributed by atoms with E-state index in [1.165, 1.54) is 121 Å². The third-order valence-electron chi connectivity index (χ3n) is 18.8. The van der Waals surface area contributed by atoms with Crippen LogP contribution in [0.3, 0.4) is 0 Å². The van der Waals surface area contributed by atoms with Gasteiger partial charge in [0.1, 0.15) is 22.3 Å². The third kappa shape index (κ3) is 5.81. The van der Waals surface area contributed by atoms with Crippen LogP contribution < -0.4 is 0 Å². The van der Waals surface area contributed by atoms with Crippen LogP contribution in [0.5, 0.6) is 0 Å². The van der Waals surface area contributed by atoms with Crippen molar-refractivity contribution in [2.24, 2.45) is 0 Å². The summed E-state index contributed by atoms with van der Waals surface area (Å²) >= 11 is 0. The number of rotatable bonds is 3. The van der Waals surface area contributed by atoms with Crippen LogP contribution in [0.1, 0.15) is 101 Å². The average Bonchev–Trinajstić information content (AvgIpc) is 4.21. The molecule has 0 saturated carbocycles. The summed E-state index contributed by atoms with van der Waals surface area (Å²) in [5.74, 6) is 0. The van der Waals surface area contributed by atoms with Gasteiger partial charge in [0.15, 0.2) is 0 Å². The SMILES string of the molecule is CC(C)(C)c1cccc2c1oc1cccc(-c3cc4c(c5ccccc35)-c3cc5c(cc3C4(C)C)-c3cc4c(cc3C5(C)C)-c3c(cc(-c5cccc6c5oc5c(-c7ccccc7)cccc56)c5ccccc35)C4(C)C)c12. The van der Waals surface area contributed by atoms with Crippen molar-refractivity contribution in [2.45, 2.75) is 84.0 Å². The van der Waals surface area contributed by atoms with Gasteiger partial charge >= 0.3 is 0 Å². The quantitative estimate of drug-likeness (QED) is 0.176. The van der Waals surface area contributed by atoms with Gasteiger partial charge in [-0.3, -0.25) is 0 Å². The molecular weight excluding hydrogens is 933 g/mol. The van der Waals surface area contributed by atoms with E-state index < -0.39 is 0 Å². The van der Waals surface area contributed by atoms with Crippen LogP contribution in [0.2, 0.25) is 0 Å². The van der Waals surface area contributed by atoms with E-state index in [1.54, 1.807) is 0 Å². The number of fused-ring (bicyclic) bond motifs is 19. The van der Waals surface area contributed by atoms with E-state index in [0.29, 0.717) is 0 Å². The van der Waals surface area contributed by atoms with Crippen molar-refractivity contribution in [1.82, 2.24) is 0 Å². The van der Waals surface area contributed by atoms with Gasteiger partial charge in [0.2, 0.25) is 0 Å². The van der Waals surface area contributed by atoms with Gasteiger partial charge in [-0.2, -0.15) is 0 Å². The molecule has 16 rings (SSSR count). The highest BCUT2D eigenvalue weighted by Gasteiger charge is 2.46. The van der Waals surface area contributed by atoms with E-state index in [9.17, 15) is 0 Å². The molecule has 2 aromatic heterocycles. The molecule has 0 saturated heterocycles. The zero-order valence-corrected chi connectivity index (χ0v) is 45.2. The van der Waals surface area contributed by atoms with Gasteiger partial charge in [-0.1, -0.05) is 208 Å². The van der Waals surface area contributed by atoms with Crippen molar-refractivity contribution in [3.63, 3.8) is 0 Å². The number of para-hydroxylation sites is 3. The normalized spacial score (nSPS) is 15.4. The Hall–Kier alpha value is -8.46. The van der Waals surface area contributed by atoms with Crippen LogP contribution in [0.15, 0.2) is 197 Å². The van der Waals surface area contributed by atoms with Crippen LogP contribution >= 0.6 is 0 Å². The summed E-state index contributed by atoms with van der Waals surface area (Å²) < 4.78 is 13.9. The fourth-order valence-electron chi connectivity index (χ4n) is 14.9. The molecule has 0 radical (unpaired) electrons. The summed E-state index contributed by atoms with van der Waals surface area (Å²) in [6.45, 7) is 21.5. The number of hydrogen-bond donors (Lipinski definition) is 0. The number of furan rings is 2. The van der Waals surface area contributed by atoms with Gasteiger partial charge in [0.25, 0.3) is 0 Å². The molecule has 2 heteroatoms. The summed E-state index contributed by atoms with van der Waals surface area (Å²) in [6, 6.07) is 70.7. The van der Waals surface area contributed by atoms with Crippen molar-refractivity contribution < 1.29 is 8.83 Å². The lowest BCUT2D eigenvalue weighted by Crippen LogP contribution is -2.17. The zero-order valence-electron chi connectivity index (χ0n) is 45.2. The highest BCUT2D eigenvalue weighted by atomic mass is 16.3. The Morgan fingerprint density at radius 3 is 1.30 bits per heavy atom. The van der Waals surface area contributed by atoms with Gasteiger partial charge in [0, 0.05) is 54.5 Å². The zero-order chi connectivity index (χ0) is 52.2. The smallest absolute Gasteiger partial charge is 0.143 e. The van der Waals surface area contributed by atoms with E-state index in [0.717, 1.165) is 49.8 Å². The predicted octanol–water partition coefficient (Wildman–Crippen LogP) is 21.0. The Bertz CT molecular complexity index is 4790. The maximum Gasteiger partial charge on any atom is 0.143 e. The van der Waals surface area contributed by atoms with E-state index in [1.807, 2.05) is 0 Å². The van der Waals surface area contributed by atoms with Gasteiger partial charge in [-0.05, 0) is 158 Å². The second kappa shape index (κ2) is 14.9. The minimum atomic E-state index is -0.271. The van der Waals surface area contributed by atoms with Crippen LogP contribution in [0.4, 0.5) is 0 Å². The van der Waals surface area contributed by atoms with Gasteiger partial charge in [-0.25, -0.2) is 0 Å². The molecule has 2 heterocycles. The minimum Gasteiger partial charge on any atom is -0.456 e. The largest absolute Gasteiger partial charge is 0.456 e. The average molecular weight is 991 g/mol. The molecule has 0 N–H and O–H groups in total. The topological polar surface area (TPSA) is 26.3 Å². The minimum absolute atomic E-state index is 0.0539. The molecule has 0 unspecified atom stereocenters. The first-order chi connectivity index (χ1) is 37.1. The van der Waals surface area contributed by atoms with E-state index in [4.69, 9.17) is 8.83 Å². The molecule has 0 aliphatic heterocycles. The van der Waals surface area contributed by atoms with Crippen molar-refractivity contribution >= 4 is 65.4 Å². The fourth-order valence-corrected chi connectivity index (χ4v) is 14.9. The van der Waals surface area contributed by atoms with Crippen molar-refractivity contribution in [3.05, 3.63) is 227 Å². The molecule has 77 heavy (non-hydrogen) atoms. The monoisotopic (exact) mass is 990 g/mol. The summed E-state index contributed by atoms with van der Waals surface area (Å²) in [4.78, 5) is 0. The first kappa shape index (κ1) is 44.8. The molecule has 11 aromatic carbocycles. The second-order valence-corrected chi connectivity index (χ2v) is 25.1. The van der Waals surface area contributed by atoms with E-state index >= 15 is 0 Å². The van der Waals surface area contributed by atoms with E-state index in [-0.39, 0.29) is 21.7 Å². The highest BCUT2D eigenvalue weighted by Crippen LogP contribution is 2.62. The Labute approximate surface area is 449 Å². The van der Waals surface area contributed by atoms with Crippen LogP contribution in [0.25, 0.3) is 132 Å². The lowest BCUT2D eigenvalue weighted by molar-refractivity contribution is 0.573. The first-order valence-corrected chi connectivity index (χ1v) is 27.6. The van der Waals surface area contributed by atoms with E-state index in [2.05, 4.69) is 250 Å². The molecule has 370 valence electrons. The maximum absolute atomic E-state index is 7.07. The highest BCUT2D eigenvalue weighted by molar-refractivity contribution is 6.20. The van der Waals surface area contributed by atoms with Crippen molar-refractivity contribution in [3.8, 4) is 66.8 Å². The molecule has 3 aliphatic carbocycles. The molecule has 0 fully saturated rings. The second-order valence-electron chi connectivity index (χ2n) is 25.1. The van der Waals surface area contributed by atoms with Gasteiger partial charge < -0.3 is 8.83 Å². The molecular formula is C75H58O2. The number of benzene rings is 11. The molecule has 0 atom stereocenters. The Kier molecular flexibility index (Phi) is 8.68.